The van der Waals surface area contributed by atoms with Crippen molar-refractivity contribution in [2.75, 3.05) is 56.6 Å². The van der Waals surface area contributed by atoms with E-state index in [2.05, 4.69) is 48.5 Å². The number of anilines is 2. The maximum Gasteiger partial charge on any atom is 0.125 e. The molecule has 0 unspecified atom stereocenters. The molecule has 6 nitrogen and oxygen atoms in total. The van der Waals surface area contributed by atoms with Gasteiger partial charge in [-0.15, -0.1) is 0 Å². The van der Waals surface area contributed by atoms with E-state index >= 15 is 0 Å². The third-order valence-electron chi connectivity index (χ3n) is 5.45. The van der Waals surface area contributed by atoms with E-state index in [1.807, 2.05) is 51.1 Å². The highest BCUT2D eigenvalue weighted by Crippen LogP contribution is 2.20. The smallest absolute Gasteiger partial charge is 0.125 e. The maximum absolute atomic E-state index is 6.92. The number of pyridine rings is 1. The molecule has 2 heterocycles. The van der Waals surface area contributed by atoms with Crippen LogP contribution in [0.15, 0.2) is 36.4 Å². The summed E-state index contributed by atoms with van der Waals surface area (Å²) in [6, 6.07) is 12.1. The molecule has 0 amide bonds. The van der Waals surface area contributed by atoms with E-state index in [1.54, 1.807) is 0 Å². The van der Waals surface area contributed by atoms with Gasteiger partial charge in [0.2, 0.25) is 0 Å². The largest absolute Gasteiger partial charge is 0.384 e. The highest BCUT2D eigenvalue weighted by molar-refractivity contribution is 5.76. The van der Waals surface area contributed by atoms with Crippen LogP contribution in [0.4, 0.5) is 11.5 Å². The number of hydrogen-bond donors (Lipinski definition) is 2. The lowest BCUT2D eigenvalue weighted by Crippen LogP contribution is -2.37. The average Bonchev–Trinajstić information content (AvgIpc) is 2.91. The molecule has 0 spiro atoms. The van der Waals surface area contributed by atoms with Crippen LogP contribution in [-0.2, 0) is 11.2 Å². The number of rotatable bonds is 10. The summed E-state index contributed by atoms with van der Waals surface area (Å²) in [5, 5.41) is 6.92. The molecule has 2 aromatic rings. The maximum atomic E-state index is 6.92. The monoisotopic (exact) mass is 513 g/mol. The molecule has 0 atom stereocenters. The SMILES string of the molecule is CC.CCC.CCCN(CCC)c1cc(N)nc(CCCN2CCOCC2)c1.Cc1cccc(C=N)c1. The fourth-order valence-corrected chi connectivity index (χ4v) is 3.88. The van der Waals surface area contributed by atoms with Crippen LogP contribution in [0.5, 0.6) is 0 Å². The molecular formula is C31H55N5O. The molecule has 1 aromatic heterocycles. The van der Waals surface area contributed by atoms with Gasteiger partial charge in [0.1, 0.15) is 5.82 Å². The quantitative estimate of drug-likeness (QED) is 0.335. The third-order valence-corrected chi connectivity index (χ3v) is 5.45. The number of nitrogens with zero attached hydrogens (tertiary/aromatic N) is 3. The molecule has 3 N–H and O–H groups in total. The summed E-state index contributed by atoms with van der Waals surface area (Å²) in [5.74, 6) is 0.640. The lowest BCUT2D eigenvalue weighted by Gasteiger charge is -2.26. The number of benzene rings is 1. The van der Waals surface area contributed by atoms with E-state index in [-0.39, 0.29) is 0 Å². The summed E-state index contributed by atoms with van der Waals surface area (Å²) >= 11 is 0. The van der Waals surface area contributed by atoms with Crippen molar-refractivity contribution < 1.29 is 4.74 Å². The van der Waals surface area contributed by atoms with Gasteiger partial charge >= 0.3 is 0 Å². The molecule has 0 bridgehead atoms. The Bertz CT molecular complexity index is 815. The minimum absolute atomic E-state index is 0.640. The summed E-state index contributed by atoms with van der Waals surface area (Å²) in [6.07, 6.45) is 7.01. The number of nitrogens with two attached hydrogens (primary N) is 1. The lowest BCUT2D eigenvalue weighted by molar-refractivity contribution is 0.0374. The van der Waals surface area contributed by atoms with Gasteiger partial charge in [-0.25, -0.2) is 4.98 Å². The Labute approximate surface area is 228 Å². The van der Waals surface area contributed by atoms with E-state index < -0.39 is 0 Å². The number of morpholine rings is 1. The molecular weight excluding hydrogens is 458 g/mol. The third kappa shape index (κ3) is 16.1. The van der Waals surface area contributed by atoms with Crippen molar-refractivity contribution >= 4 is 17.7 Å². The van der Waals surface area contributed by atoms with E-state index in [0.29, 0.717) is 5.82 Å². The second kappa shape index (κ2) is 22.7. The standard InChI is InChI=1S/C18H32N4O.C8H9N.C3H8.C2H6/c1-3-7-22(8-4-2)17-14-16(20-18(19)15-17)6-5-9-21-10-12-23-13-11-21;1-7-3-2-4-8(5-7)6-9;1-3-2;1-2/h14-15H,3-13H2,1-2H3,(H2,19,20);2-6,9H,1H3;3H2,1-2H3;1-2H3. The van der Waals surface area contributed by atoms with E-state index in [0.717, 1.165) is 82.9 Å². The molecule has 210 valence electrons. The van der Waals surface area contributed by atoms with Gasteiger partial charge in [0.05, 0.1) is 13.2 Å². The van der Waals surface area contributed by atoms with Crippen LogP contribution < -0.4 is 10.6 Å². The predicted octanol–water partition coefficient (Wildman–Crippen LogP) is 6.99. The molecule has 3 rings (SSSR count). The Hall–Kier alpha value is -2.44. The Kier molecular flexibility index (Phi) is 21.2. The topological polar surface area (TPSA) is 78.5 Å². The van der Waals surface area contributed by atoms with Crippen molar-refractivity contribution in [3.05, 3.63) is 53.2 Å². The van der Waals surface area contributed by atoms with E-state index in [1.165, 1.54) is 23.9 Å². The van der Waals surface area contributed by atoms with Gasteiger partial charge in [0.25, 0.3) is 0 Å². The lowest BCUT2D eigenvalue weighted by atomic mass is 10.1. The average molecular weight is 514 g/mol. The first kappa shape index (κ1) is 34.6. The number of hydrogen-bond acceptors (Lipinski definition) is 6. The first-order valence-electron chi connectivity index (χ1n) is 14.4. The summed E-state index contributed by atoms with van der Waals surface area (Å²) in [6.45, 7) is 21.8. The van der Waals surface area contributed by atoms with Gasteiger partial charge in [-0.3, -0.25) is 4.90 Å². The minimum Gasteiger partial charge on any atom is -0.384 e. The summed E-state index contributed by atoms with van der Waals surface area (Å²) in [4.78, 5) is 9.42. The second-order valence-corrected chi connectivity index (χ2v) is 9.05. The Morgan fingerprint density at radius 1 is 1.03 bits per heavy atom. The van der Waals surface area contributed by atoms with E-state index in [4.69, 9.17) is 15.9 Å². The number of nitrogens with one attached hydrogen (secondary N) is 1. The van der Waals surface area contributed by atoms with Gasteiger partial charge in [-0.1, -0.05) is 77.8 Å². The highest BCUT2D eigenvalue weighted by atomic mass is 16.5. The van der Waals surface area contributed by atoms with Crippen molar-refractivity contribution in [2.24, 2.45) is 0 Å². The second-order valence-electron chi connectivity index (χ2n) is 9.05. The molecule has 0 aliphatic carbocycles. The molecule has 1 aliphatic rings. The van der Waals surface area contributed by atoms with Crippen molar-refractivity contribution in [2.45, 2.75) is 80.6 Å². The van der Waals surface area contributed by atoms with Crippen LogP contribution in [0.3, 0.4) is 0 Å². The number of ether oxygens (including phenoxy) is 1. The Morgan fingerprint density at radius 2 is 1.65 bits per heavy atom. The molecule has 6 heteroatoms. The van der Waals surface area contributed by atoms with Crippen LogP contribution >= 0.6 is 0 Å². The Balaban J connectivity index is 0.000000764. The normalized spacial score (nSPS) is 12.6. The van der Waals surface area contributed by atoms with Gasteiger partial charge < -0.3 is 20.8 Å². The summed E-state index contributed by atoms with van der Waals surface area (Å²) in [5.41, 5.74) is 10.6. The number of aryl methyl sites for hydroxylation is 2. The molecule has 1 saturated heterocycles. The summed E-state index contributed by atoms with van der Waals surface area (Å²) in [7, 11) is 0. The van der Waals surface area contributed by atoms with Crippen LogP contribution in [0.2, 0.25) is 0 Å². The van der Waals surface area contributed by atoms with Crippen LogP contribution in [0.25, 0.3) is 0 Å². The van der Waals surface area contributed by atoms with Crippen LogP contribution in [-0.4, -0.2) is 62.0 Å². The van der Waals surface area contributed by atoms with Crippen LogP contribution in [0.1, 0.15) is 84.0 Å². The molecule has 0 saturated carbocycles. The van der Waals surface area contributed by atoms with Crippen LogP contribution in [0, 0.1) is 12.3 Å². The zero-order valence-electron chi connectivity index (χ0n) is 24.9. The van der Waals surface area contributed by atoms with Crippen molar-refractivity contribution in [3.8, 4) is 0 Å². The zero-order chi connectivity index (χ0) is 27.9. The van der Waals surface area contributed by atoms with E-state index in [9.17, 15) is 0 Å². The fourth-order valence-electron chi connectivity index (χ4n) is 3.88. The fraction of sp³-hybridized carbons (Fsp3) is 0.613. The minimum atomic E-state index is 0.640. The molecule has 1 aliphatic heterocycles. The first-order chi connectivity index (χ1) is 18.0. The van der Waals surface area contributed by atoms with Gasteiger partial charge in [-0.05, 0) is 50.8 Å². The summed E-state index contributed by atoms with van der Waals surface area (Å²) < 4.78 is 5.39. The van der Waals surface area contributed by atoms with Crippen molar-refractivity contribution in [3.63, 3.8) is 0 Å². The molecule has 37 heavy (non-hydrogen) atoms. The van der Waals surface area contributed by atoms with Crippen molar-refractivity contribution in [1.82, 2.24) is 9.88 Å². The number of nitrogen functional groups attached to an aromatic ring is 1. The zero-order valence-corrected chi connectivity index (χ0v) is 24.9. The molecule has 1 fully saturated rings. The molecule has 1 aromatic carbocycles. The predicted molar refractivity (Wildman–Crippen MR) is 163 cm³/mol. The van der Waals surface area contributed by atoms with Gasteiger partial charge in [-0.2, -0.15) is 0 Å². The Morgan fingerprint density at radius 3 is 2.16 bits per heavy atom. The molecule has 0 radical (unpaired) electrons. The highest BCUT2D eigenvalue weighted by Gasteiger charge is 2.11. The van der Waals surface area contributed by atoms with Gasteiger partial charge in [0.15, 0.2) is 0 Å². The van der Waals surface area contributed by atoms with Crippen molar-refractivity contribution in [1.29, 1.82) is 5.41 Å². The first-order valence-corrected chi connectivity index (χ1v) is 14.4. The number of aromatic nitrogens is 1. The van der Waals surface area contributed by atoms with Gasteiger partial charge in [0, 0.05) is 49.8 Å².